The van der Waals surface area contributed by atoms with Crippen LogP contribution in [0.1, 0.15) is 16.2 Å². The van der Waals surface area contributed by atoms with E-state index in [9.17, 15) is 22.4 Å². The van der Waals surface area contributed by atoms with Gasteiger partial charge in [-0.2, -0.15) is 13.2 Å². The standard InChI is InChI=1S/C21H15F4N4OP/c22-17-14(26)10-9-13(18(17)31)19(30)27-11-5-7-12(8-6-11)29-16-4-2-1-3-15(16)28-20(29)21(23,24)25/h1-10H,26,31H2,(H,27,30). The second-order valence-electron chi connectivity index (χ2n) is 6.69. The van der Waals surface area contributed by atoms with Gasteiger partial charge in [0, 0.05) is 22.2 Å². The van der Waals surface area contributed by atoms with Crippen LogP contribution in [0.5, 0.6) is 0 Å². The molecule has 0 saturated carbocycles. The van der Waals surface area contributed by atoms with Crippen molar-refractivity contribution in [2.45, 2.75) is 6.18 Å². The van der Waals surface area contributed by atoms with E-state index in [2.05, 4.69) is 19.5 Å². The third kappa shape index (κ3) is 3.84. The summed E-state index contributed by atoms with van der Waals surface area (Å²) < 4.78 is 55.5. The largest absolute Gasteiger partial charge is 0.450 e. The molecule has 0 aliphatic rings. The number of hydrogen-bond acceptors (Lipinski definition) is 3. The fourth-order valence-corrected chi connectivity index (χ4v) is 3.57. The summed E-state index contributed by atoms with van der Waals surface area (Å²) in [6.45, 7) is 0. The van der Waals surface area contributed by atoms with Gasteiger partial charge in [-0.3, -0.25) is 9.36 Å². The fraction of sp³-hybridized carbons (Fsp3) is 0.0476. The Morgan fingerprint density at radius 3 is 2.39 bits per heavy atom. The Morgan fingerprint density at radius 1 is 1.03 bits per heavy atom. The summed E-state index contributed by atoms with van der Waals surface area (Å²) >= 11 is 0. The molecule has 0 fully saturated rings. The molecule has 1 atom stereocenters. The molecule has 1 amide bonds. The van der Waals surface area contributed by atoms with Crippen molar-refractivity contribution in [3.63, 3.8) is 0 Å². The summed E-state index contributed by atoms with van der Waals surface area (Å²) in [7, 11) is 2.13. The van der Waals surface area contributed by atoms with Crippen LogP contribution in [-0.2, 0) is 6.18 Å². The number of hydrogen-bond donors (Lipinski definition) is 2. The van der Waals surface area contributed by atoms with E-state index >= 15 is 0 Å². The lowest BCUT2D eigenvalue weighted by Gasteiger charge is -2.13. The topological polar surface area (TPSA) is 72.9 Å². The van der Waals surface area contributed by atoms with Crippen LogP contribution in [0.15, 0.2) is 60.7 Å². The number of carbonyl (C=O) groups is 1. The van der Waals surface area contributed by atoms with Crippen molar-refractivity contribution in [2.24, 2.45) is 0 Å². The number of amides is 1. The number of benzene rings is 3. The minimum Gasteiger partial charge on any atom is -0.396 e. The highest BCUT2D eigenvalue weighted by molar-refractivity contribution is 7.27. The minimum absolute atomic E-state index is 0.0221. The second kappa shape index (κ2) is 7.67. The van der Waals surface area contributed by atoms with Gasteiger partial charge in [-0.05, 0) is 48.5 Å². The Morgan fingerprint density at radius 2 is 1.71 bits per heavy atom. The lowest BCUT2D eigenvalue weighted by atomic mass is 10.1. The molecule has 5 nitrogen and oxygen atoms in total. The number of para-hydroxylation sites is 2. The van der Waals surface area contributed by atoms with Gasteiger partial charge in [0.05, 0.1) is 16.7 Å². The Labute approximate surface area is 176 Å². The average molecular weight is 446 g/mol. The normalized spacial score (nSPS) is 11.6. The van der Waals surface area contributed by atoms with Gasteiger partial charge in [-0.15, -0.1) is 9.24 Å². The Kier molecular flexibility index (Phi) is 5.15. The predicted octanol–water partition coefficient (Wildman–Crippen LogP) is 4.52. The molecule has 10 heteroatoms. The number of fused-ring (bicyclic) bond motifs is 1. The summed E-state index contributed by atoms with van der Waals surface area (Å²) in [5.74, 6) is -2.34. The van der Waals surface area contributed by atoms with Crippen molar-refractivity contribution in [3.05, 3.63) is 77.9 Å². The van der Waals surface area contributed by atoms with Crippen molar-refractivity contribution in [2.75, 3.05) is 11.1 Å². The van der Waals surface area contributed by atoms with Gasteiger partial charge in [-0.1, -0.05) is 12.1 Å². The van der Waals surface area contributed by atoms with Crippen LogP contribution >= 0.6 is 9.24 Å². The van der Waals surface area contributed by atoms with E-state index in [1.54, 1.807) is 18.2 Å². The van der Waals surface area contributed by atoms with Gasteiger partial charge >= 0.3 is 6.18 Å². The molecule has 1 heterocycles. The zero-order valence-electron chi connectivity index (χ0n) is 15.7. The van der Waals surface area contributed by atoms with E-state index in [-0.39, 0.29) is 27.8 Å². The molecule has 4 rings (SSSR count). The summed E-state index contributed by atoms with van der Waals surface area (Å²) in [4.78, 5) is 16.2. The van der Waals surface area contributed by atoms with Crippen LogP contribution in [-0.4, -0.2) is 15.5 Å². The fourth-order valence-electron chi connectivity index (χ4n) is 3.18. The Balaban J connectivity index is 1.67. The van der Waals surface area contributed by atoms with Crippen molar-refractivity contribution in [1.29, 1.82) is 0 Å². The molecule has 1 unspecified atom stereocenters. The molecule has 4 aromatic rings. The molecular weight excluding hydrogens is 431 g/mol. The molecule has 1 aromatic heterocycles. The van der Waals surface area contributed by atoms with Crippen molar-refractivity contribution in [3.8, 4) is 5.69 Å². The van der Waals surface area contributed by atoms with E-state index in [0.29, 0.717) is 11.2 Å². The number of halogens is 4. The number of nitrogens with zero attached hydrogens (tertiary/aromatic N) is 2. The van der Waals surface area contributed by atoms with E-state index in [1.807, 2.05) is 0 Å². The number of nitrogen functional groups attached to an aromatic ring is 1. The molecule has 158 valence electrons. The van der Waals surface area contributed by atoms with Gasteiger partial charge in [0.2, 0.25) is 5.82 Å². The number of alkyl halides is 3. The third-order valence-corrected chi connectivity index (χ3v) is 5.22. The zero-order valence-corrected chi connectivity index (χ0v) is 16.9. The Bertz CT molecular complexity index is 1300. The smallest absolute Gasteiger partial charge is 0.396 e. The van der Waals surface area contributed by atoms with Crippen molar-refractivity contribution < 1.29 is 22.4 Å². The summed E-state index contributed by atoms with van der Waals surface area (Å²) in [6.07, 6.45) is -4.65. The third-order valence-electron chi connectivity index (χ3n) is 4.65. The second-order valence-corrected chi connectivity index (χ2v) is 7.27. The molecule has 0 saturated heterocycles. The summed E-state index contributed by atoms with van der Waals surface area (Å²) in [6, 6.07) is 14.7. The van der Waals surface area contributed by atoms with Crippen LogP contribution in [0.2, 0.25) is 0 Å². The monoisotopic (exact) mass is 446 g/mol. The number of carbonyl (C=O) groups excluding carboxylic acids is 1. The predicted molar refractivity (Wildman–Crippen MR) is 114 cm³/mol. The number of nitrogens with one attached hydrogen (secondary N) is 1. The highest BCUT2D eigenvalue weighted by atomic mass is 31.0. The molecule has 31 heavy (non-hydrogen) atoms. The van der Waals surface area contributed by atoms with Gasteiger partial charge in [-0.25, -0.2) is 9.37 Å². The van der Waals surface area contributed by atoms with E-state index < -0.39 is 23.7 Å². The molecule has 0 radical (unpaired) electrons. The van der Waals surface area contributed by atoms with Crippen LogP contribution in [0.25, 0.3) is 16.7 Å². The average Bonchev–Trinajstić information content (AvgIpc) is 3.13. The lowest BCUT2D eigenvalue weighted by molar-refractivity contribution is -0.145. The van der Waals surface area contributed by atoms with E-state index in [4.69, 9.17) is 5.73 Å². The minimum atomic E-state index is -4.65. The molecule has 0 aliphatic carbocycles. The van der Waals surface area contributed by atoms with Gasteiger partial charge in [0.15, 0.2) is 5.82 Å². The van der Waals surface area contributed by atoms with E-state index in [1.165, 1.54) is 42.5 Å². The number of aromatic nitrogens is 2. The maximum atomic E-state index is 13.9. The molecular formula is C21H15F4N4OP. The molecule has 0 bridgehead atoms. The van der Waals surface area contributed by atoms with Crippen LogP contribution in [0.4, 0.5) is 28.9 Å². The SMILES string of the molecule is Nc1ccc(C(=O)Nc2ccc(-n3c(C(F)(F)F)nc4ccccc43)cc2)c(P)c1F. The zero-order chi connectivity index (χ0) is 22.3. The maximum absolute atomic E-state index is 13.9. The molecule has 3 N–H and O–H groups in total. The number of imidazole rings is 1. The molecule has 0 spiro atoms. The summed E-state index contributed by atoms with van der Waals surface area (Å²) in [5, 5.41) is 2.62. The first-order valence-corrected chi connectivity index (χ1v) is 9.54. The summed E-state index contributed by atoms with van der Waals surface area (Å²) in [5.41, 5.74) is 6.54. The van der Waals surface area contributed by atoms with Gasteiger partial charge < -0.3 is 11.1 Å². The highest BCUT2D eigenvalue weighted by Gasteiger charge is 2.38. The molecule has 3 aromatic carbocycles. The Hall–Kier alpha value is -3.45. The van der Waals surface area contributed by atoms with Gasteiger partial charge in [0.25, 0.3) is 5.91 Å². The molecule has 0 aliphatic heterocycles. The maximum Gasteiger partial charge on any atom is 0.450 e. The van der Waals surface area contributed by atoms with Crippen LogP contribution in [0, 0.1) is 5.82 Å². The van der Waals surface area contributed by atoms with Crippen molar-refractivity contribution >= 4 is 42.9 Å². The number of nitrogens with two attached hydrogens (primary N) is 1. The lowest BCUT2D eigenvalue weighted by Crippen LogP contribution is -2.20. The van der Waals surface area contributed by atoms with Crippen molar-refractivity contribution in [1.82, 2.24) is 9.55 Å². The quantitative estimate of drug-likeness (QED) is 0.276. The van der Waals surface area contributed by atoms with Crippen LogP contribution < -0.4 is 16.4 Å². The first kappa shape index (κ1) is 20.8. The number of anilines is 2. The number of rotatable bonds is 3. The van der Waals surface area contributed by atoms with E-state index in [0.717, 1.165) is 4.57 Å². The van der Waals surface area contributed by atoms with Gasteiger partial charge in [0.1, 0.15) is 0 Å². The first-order chi connectivity index (χ1) is 14.7. The van der Waals surface area contributed by atoms with Crippen LogP contribution in [0.3, 0.4) is 0 Å². The highest BCUT2D eigenvalue weighted by Crippen LogP contribution is 2.34. The first-order valence-electron chi connectivity index (χ1n) is 8.96.